The molecule has 0 atom stereocenters. The summed E-state index contributed by atoms with van der Waals surface area (Å²) in [5, 5.41) is 0.519. The number of rotatable bonds is 6. The van der Waals surface area contributed by atoms with Gasteiger partial charge in [-0.25, -0.2) is 9.37 Å². The van der Waals surface area contributed by atoms with Crippen molar-refractivity contribution in [2.24, 2.45) is 0 Å². The van der Waals surface area contributed by atoms with E-state index < -0.39 is 0 Å². The number of carbonyl (C=O) groups excluding carboxylic acids is 1. The predicted molar refractivity (Wildman–Crippen MR) is 98.2 cm³/mol. The Labute approximate surface area is 149 Å². The molecule has 2 aromatic carbocycles. The van der Waals surface area contributed by atoms with Crippen molar-refractivity contribution in [1.82, 2.24) is 15.0 Å². The van der Waals surface area contributed by atoms with Crippen molar-refractivity contribution in [3.05, 3.63) is 70.3 Å². The van der Waals surface area contributed by atoms with E-state index in [-0.39, 0.29) is 36.1 Å². The lowest BCUT2D eigenvalue weighted by Gasteiger charge is -2.14. The number of fused-ring (bicyclic) bond motifs is 1. The van der Waals surface area contributed by atoms with Crippen LogP contribution in [-0.4, -0.2) is 15.5 Å². The second-order valence-electron chi connectivity index (χ2n) is 5.77. The monoisotopic (exact) mass is 354 g/mol. The molecule has 0 saturated carbocycles. The number of carbonyl (C=O) groups is 1. The van der Waals surface area contributed by atoms with E-state index in [1.54, 1.807) is 42.5 Å². The van der Waals surface area contributed by atoms with Crippen molar-refractivity contribution < 1.29 is 9.18 Å². The maximum absolute atomic E-state index is 13.6. The van der Waals surface area contributed by atoms with Crippen LogP contribution < -0.4 is 16.4 Å². The summed E-state index contributed by atoms with van der Waals surface area (Å²) < 4.78 is 15.0. The van der Waals surface area contributed by atoms with Gasteiger partial charge in [-0.1, -0.05) is 30.3 Å². The summed E-state index contributed by atoms with van der Waals surface area (Å²) in [6, 6.07) is 13.4. The molecule has 1 heterocycles. The Morgan fingerprint density at radius 2 is 1.88 bits per heavy atom. The highest BCUT2D eigenvalue weighted by molar-refractivity contribution is 5.80. The lowest BCUT2D eigenvalue weighted by Crippen LogP contribution is -2.34. The Morgan fingerprint density at radius 3 is 2.65 bits per heavy atom. The molecule has 0 saturated heterocycles. The number of benzene rings is 2. The van der Waals surface area contributed by atoms with Gasteiger partial charge in [-0.05, 0) is 37.1 Å². The zero-order chi connectivity index (χ0) is 18.5. The maximum atomic E-state index is 13.6. The van der Waals surface area contributed by atoms with Crippen LogP contribution in [0.2, 0.25) is 0 Å². The van der Waals surface area contributed by atoms with Gasteiger partial charge in [-0.2, -0.15) is 0 Å². The fraction of sp³-hybridized carbons (Fsp3) is 0.211. The number of nitrogens with zero attached hydrogens (tertiary/aromatic N) is 2. The lowest BCUT2D eigenvalue weighted by molar-refractivity contribution is -0.120. The highest BCUT2D eigenvalue weighted by atomic mass is 19.1. The topological polar surface area (TPSA) is 76.0 Å². The highest BCUT2D eigenvalue weighted by Crippen LogP contribution is 2.11. The third-order valence-corrected chi connectivity index (χ3v) is 4.07. The summed E-state index contributed by atoms with van der Waals surface area (Å²) in [6.45, 7) is 2.23. The fourth-order valence-corrected chi connectivity index (χ4v) is 2.69. The first-order valence-corrected chi connectivity index (χ1v) is 8.38. The van der Waals surface area contributed by atoms with Gasteiger partial charge >= 0.3 is 0 Å². The van der Waals surface area contributed by atoms with Gasteiger partial charge in [0.2, 0.25) is 11.9 Å². The molecule has 3 aromatic rings. The van der Waals surface area contributed by atoms with Crippen molar-refractivity contribution in [1.29, 1.82) is 0 Å². The van der Waals surface area contributed by atoms with E-state index in [9.17, 15) is 14.0 Å². The van der Waals surface area contributed by atoms with Crippen molar-refractivity contribution in [3.8, 4) is 0 Å². The van der Waals surface area contributed by atoms with Crippen LogP contribution in [0.25, 0.3) is 10.9 Å². The number of amides is 1. The molecule has 0 radical (unpaired) electrons. The molecule has 134 valence electrons. The molecule has 2 N–H and O–H groups in total. The van der Waals surface area contributed by atoms with E-state index in [1.807, 2.05) is 6.92 Å². The first-order chi connectivity index (χ1) is 12.6. The highest BCUT2D eigenvalue weighted by Gasteiger charge is 2.11. The van der Waals surface area contributed by atoms with E-state index in [4.69, 9.17) is 0 Å². The molecule has 0 aliphatic carbocycles. The summed E-state index contributed by atoms with van der Waals surface area (Å²) in [4.78, 5) is 28.9. The van der Waals surface area contributed by atoms with E-state index in [0.717, 1.165) is 0 Å². The number of aromatic nitrogens is 2. The van der Waals surface area contributed by atoms with Gasteiger partial charge in [-0.3, -0.25) is 25.0 Å². The number of para-hydroxylation sites is 1. The quantitative estimate of drug-likeness (QED) is 0.667. The van der Waals surface area contributed by atoms with Gasteiger partial charge in [0.25, 0.3) is 5.56 Å². The Balaban J connectivity index is 1.70. The molecular weight excluding hydrogens is 335 g/mol. The summed E-state index contributed by atoms with van der Waals surface area (Å²) in [7, 11) is 0. The molecule has 0 bridgehead atoms. The van der Waals surface area contributed by atoms with Crippen molar-refractivity contribution in [3.63, 3.8) is 0 Å². The maximum Gasteiger partial charge on any atom is 0.262 e. The molecule has 0 fully saturated rings. The summed E-state index contributed by atoms with van der Waals surface area (Å²) in [5.41, 5.74) is 6.08. The fourth-order valence-electron chi connectivity index (χ4n) is 2.69. The van der Waals surface area contributed by atoms with Crippen LogP contribution in [0.1, 0.15) is 18.9 Å². The Morgan fingerprint density at radius 1 is 1.15 bits per heavy atom. The molecule has 26 heavy (non-hydrogen) atoms. The van der Waals surface area contributed by atoms with Crippen LogP contribution in [0.5, 0.6) is 0 Å². The van der Waals surface area contributed by atoms with Crippen LogP contribution in [0.15, 0.2) is 53.3 Å². The Hall–Kier alpha value is -3.22. The van der Waals surface area contributed by atoms with Crippen LogP contribution >= 0.6 is 0 Å². The largest absolute Gasteiger partial charge is 0.277 e. The van der Waals surface area contributed by atoms with E-state index >= 15 is 0 Å². The minimum absolute atomic E-state index is 0.109. The standard InChI is InChI=1S/C19H19FN4O2/c1-2-24-18(26)14-8-4-6-10-16(14)21-19(24)23-22-17(25)12-11-13-7-3-5-9-15(13)20/h3-10H,2,11-12H2,1H3,(H,21,23)(H,22,25). The van der Waals surface area contributed by atoms with Gasteiger partial charge in [-0.15, -0.1) is 0 Å². The van der Waals surface area contributed by atoms with Gasteiger partial charge in [0.15, 0.2) is 0 Å². The molecule has 0 spiro atoms. The summed E-state index contributed by atoms with van der Waals surface area (Å²) in [5.74, 6) is -0.391. The van der Waals surface area contributed by atoms with Gasteiger partial charge in [0, 0.05) is 13.0 Å². The predicted octanol–water partition coefficient (Wildman–Crippen LogP) is 2.63. The van der Waals surface area contributed by atoms with Crippen LogP contribution in [0.3, 0.4) is 0 Å². The number of hydrazine groups is 1. The smallest absolute Gasteiger partial charge is 0.262 e. The SMILES string of the molecule is CCn1c(NNC(=O)CCc2ccccc2F)nc2ccccc2c1=O. The molecule has 3 rings (SSSR count). The van der Waals surface area contributed by atoms with Gasteiger partial charge in [0.05, 0.1) is 10.9 Å². The van der Waals surface area contributed by atoms with Gasteiger partial charge in [0.1, 0.15) is 5.82 Å². The molecule has 7 heteroatoms. The number of anilines is 1. The summed E-state index contributed by atoms with van der Waals surface area (Å²) >= 11 is 0. The van der Waals surface area contributed by atoms with Crippen LogP contribution in [0.4, 0.5) is 10.3 Å². The zero-order valence-corrected chi connectivity index (χ0v) is 14.3. The number of aryl methyl sites for hydroxylation is 1. The van der Waals surface area contributed by atoms with E-state index in [2.05, 4.69) is 15.8 Å². The van der Waals surface area contributed by atoms with Crippen LogP contribution in [-0.2, 0) is 17.8 Å². The third kappa shape index (κ3) is 3.72. The number of hydrogen-bond donors (Lipinski definition) is 2. The second-order valence-corrected chi connectivity index (χ2v) is 5.77. The Bertz CT molecular complexity index is 1000. The van der Waals surface area contributed by atoms with Crippen molar-refractivity contribution in [2.45, 2.75) is 26.3 Å². The molecule has 0 unspecified atom stereocenters. The zero-order valence-electron chi connectivity index (χ0n) is 14.3. The van der Waals surface area contributed by atoms with E-state index in [0.29, 0.717) is 23.0 Å². The van der Waals surface area contributed by atoms with Crippen molar-refractivity contribution in [2.75, 3.05) is 5.43 Å². The first kappa shape index (κ1) is 17.6. The van der Waals surface area contributed by atoms with Crippen LogP contribution in [0, 0.1) is 5.82 Å². The number of halogens is 1. The number of nitrogens with one attached hydrogen (secondary N) is 2. The van der Waals surface area contributed by atoms with Gasteiger partial charge < -0.3 is 0 Å². The second kappa shape index (κ2) is 7.77. The first-order valence-electron chi connectivity index (χ1n) is 8.38. The van der Waals surface area contributed by atoms with Crippen molar-refractivity contribution >= 4 is 22.8 Å². The minimum Gasteiger partial charge on any atom is -0.277 e. The molecule has 0 aliphatic heterocycles. The molecular formula is C19H19FN4O2. The minimum atomic E-state index is -0.329. The molecule has 1 amide bonds. The molecule has 6 nitrogen and oxygen atoms in total. The lowest BCUT2D eigenvalue weighted by atomic mass is 10.1. The van der Waals surface area contributed by atoms with E-state index in [1.165, 1.54) is 10.6 Å². The molecule has 0 aliphatic rings. The number of hydrogen-bond acceptors (Lipinski definition) is 4. The average molecular weight is 354 g/mol. The summed E-state index contributed by atoms with van der Waals surface area (Å²) in [6.07, 6.45) is 0.393. The molecule has 1 aromatic heterocycles. The third-order valence-electron chi connectivity index (χ3n) is 4.07. The average Bonchev–Trinajstić information content (AvgIpc) is 2.66. The Kier molecular flexibility index (Phi) is 5.26. The normalized spacial score (nSPS) is 10.7.